The average molecular weight is 282 g/mol. The van der Waals surface area contributed by atoms with E-state index in [-0.39, 0.29) is 0 Å². The van der Waals surface area contributed by atoms with Crippen LogP contribution in [0, 0.1) is 6.92 Å². The number of fused-ring (bicyclic) bond motifs is 1. The summed E-state index contributed by atoms with van der Waals surface area (Å²) in [5.41, 5.74) is 2.13. The Hall–Kier alpha value is -2.21. The van der Waals surface area contributed by atoms with Gasteiger partial charge in [-0.1, -0.05) is 6.07 Å². The number of aryl methyl sites for hydroxylation is 1. The normalized spacial score (nSPS) is 19.6. The molecule has 0 N–H and O–H groups in total. The molecule has 3 aromatic rings. The largest absolute Gasteiger partial charge is 0.294 e. The van der Waals surface area contributed by atoms with Gasteiger partial charge in [-0.25, -0.2) is 0 Å². The molecule has 108 valence electrons. The summed E-state index contributed by atoms with van der Waals surface area (Å²) in [5, 5.41) is 13.0. The molecule has 3 aromatic heterocycles. The Morgan fingerprint density at radius 2 is 2.24 bits per heavy atom. The summed E-state index contributed by atoms with van der Waals surface area (Å²) in [6.07, 6.45) is 7.21. The third-order valence-electron chi connectivity index (χ3n) is 4.10. The summed E-state index contributed by atoms with van der Waals surface area (Å²) in [5.74, 6) is 1.00. The molecule has 6 nitrogen and oxygen atoms in total. The van der Waals surface area contributed by atoms with Crippen LogP contribution in [0.3, 0.4) is 0 Å². The van der Waals surface area contributed by atoms with Crippen LogP contribution in [0.1, 0.15) is 23.9 Å². The Bertz CT molecular complexity index is 758. The first-order valence-electron chi connectivity index (χ1n) is 7.31. The molecule has 0 saturated carbocycles. The van der Waals surface area contributed by atoms with Gasteiger partial charge in [0, 0.05) is 25.5 Å². The van der Waals surface area contributed by atoms with E-state index in [1.807, 2.05) is 30.6 Å². The summed E-state index contributed by atoms with van der Waals surface area (Å²) < 4.78 is 4.16. The zero-order valence-corrected chi connectivity index (χ0v) is 12.1. The second-order valence-corrected chi connectivity index (χ2v) is 5.72. The van der Waals surface area contributed by atoms with E-state index in [9.17, 15) is 0 Å². The van der Waals surface area contributed by atoms with Gasteiger partial charge >= 0.3 is 0 Å². The maximum atomic E-state index is 4.44. The average Bonchev–Trinajstić information content (AvgIpc) is 3.20. The van der Waals surface area contributed by atoms with Crippen LogP contribution in [0.25, 0.3) is 5.65 Å². The molecule has 0 amide bonds. The topological polar surface area (TPSA) is 51.2 Å². The lowest BCUT2D eigenvalue weighted by Gasteiger charge is -2.15. The highest BCUT2D eigenvalue weighted by Crippen LogP contribution is 2.22. The van der Waals surface area contributed by atoms with Crippen LogP contribution in [0.15, 0.2) is 36.8 Å². The molecule has 0 spiro atoms. The molecule has 0 aromatic carbocycles. The quantitative estimate of drug-likeness (QED) is 0.733. The van der Waals surface area contributed by atoms with E-state index in [1.54, 1.807) is 0 Å². The number of likely N-dealkylation sites (tertiary alicyclic amines) is 1. The van der Waals surface area contributed by atoms with Crippen molar-refractivity contribution in [2.75, 3.05) is 13.1 Å². The molecule has 4 heterocycles. The van der Waals surface area contributed by atoms with E-state index < -0.39 is 0 Å². The van der Waals surface area contributed by atoms with Crippen molar-refractivity contribution in [3.8, 4) is 0 Å². The van der Waals surface area contributed by atoms with Crippen LogP contribution in [0.4, 0.5) is 0 Å². The molecular formula is C15H18N6. The number of rotatable bonds is 3. The lowest BCUT2D eigenvalue weighted by Crippen LogP contribution is -2.22. The predicted molar refractivity (Wildman–Crippen MR) is 78.9 cm³/mol. The van der Waals surface area contributed by atoms with E-state index in [0.29, 0.717) is 6.04 Å². The van der Waals surface area contributed by atoms with Crippen molar-refractivity contribution < 1.29 is 0 Å². The van der Waals surface area contributed by atoms with Gasteiger partial charge in [0.05, 0.1) is 18.8 Å². The lowest BCUT2D eigenvalue weighted by atomic mass is 10.3. The van der Waals surface area contributed by atoms with Gasteiger partial charge < -0.3 is 0 Å². The third kappa shape index (κ3) is 2.31. The summed E-state index contributed by atoms with van der Waals surface area (Å²) in [7, 11) is 0. The fourth-order valence-corrected chi connectivity index (χ4v) is 3.00. The smallest absolute Gasteiger partial charge is 0.160 e. The fourth-order valence-electron chi connectivity index (χ4n) is 3.00. The van der Waals surface area contributed by atoms with Gasteiger partial charge in [-0.3, -0.25) is 14.0 Å². The highest BCUT2D eigenvalue weighted by atomic mass is 15.3. The highest BCUT2D eigenvalue weighted by Gasteiger charge is 2.25. The van der Waals surface area contributed by atoms with Gasteiger partial charge in [0.25, 0.3) is 0 Å². The molecule has 0 bridgehead atoms. The summed E-state index contributed by atoms with van der Waals surface area (Å²) >= 11 is 0. The number of pyridine rings is 1. The van der Waals surface area contributed by atoms with Gasteiger partial charge in [-0.05, 0) is 31.0 Å². The van der Waals surface area contributed by atoms with Crippen molar-refractivity contribution in [1.29, 1.82) is 0 Å². The Morgan fingerprint density at radius 1 is 1.29 bits per heavy atom. The molecular weight excluding hydrogens is 264 g/mol. The second-order valence-electron chi connectivity index (χ2n) is 5.72. The van der Waals surface area contributed by atoms with Crippen molar-refractivity contribution in [2.45, 2.75) is 25.9 Å². The van der Waals surface area contributed by atoms with Gasteiger partial charge in [0.2, 0.25) is 0 Å². The number of hydrogen-bond donors (Lipinski definition) is 0. The van der Waals surface area contributed by atoms with Gasteiger partial charge in [-0.2, -0.15) is 5.10 Å². The first kappa shape index (κ1) is 12.5. The highest BCUT2D eigenvalue weighted by molar-refractivity contribution is 5.36. The molecule has 0 aliphatic carbocycles. The summed E-state index contributed by atoms with van der Waals surface area (Å²) in [6, 6.07) is 6.45. The monoisotopic (exact) mass is 282 g/mol. The van der Waals surface area contributed by atoms with Crippen molar-refractivity contribution >= 4 is 5.65 Å². The lowest BCUT2D eigenvalue weighted by molar-refractivity contribution is 0.303. The zero-order chi connectivity index (χ0) is 14.2. The standard InChI is InChI=1S/C15H18N6/c1-12-8-16-21(9-12)13-5-7-19(10-13)11-15-18-17-14-4-2-3-6-20(14)15/h2-4,6,8-9,13H,5,7,10-11H2,1H3. The Morgan fingerprint density at radius 3 is 3.10 bits per heavy atom. The van der Waals surface area contributed by atoms with Crippen molar-refractivity contribution in [3.63, 3.8) is 0 Å². The first-order chi connectivity index (χ1) is 10.3. The summed E-state index contributed by atoms with van der Waals surface area (Å²) in [4.78, 5) is 2.42. The van der Waals surface area contributed by atoms with Crippen LogP contribution in [0.2, 0.25) is 0 Å². The van der Waals surface area contributed by atoms with Gasteiger partial charge in [0.15, 0.2) is 11.5 Å². The van der Waals surface area contributed by atoms with E-state index in [1.165, 1.54) is 5.56 Å². The minimum Gasteiger partial charge on any atom is -0.294 e. The summed E-state index contributed by atoms with van der Waals surface area (Å²) in [6.45, 7) is 5.01. The Balaban J connectivity index is 1.49. The molecule has 4 rings (SSSR count). The van der Waals surface area contributed by atoms with Crippen molar-refractivity contribution in [2.24, 2.45) is 0 Å². The predicted octanol–water partition coefficient (Wildman–Crippen LogP) is 1.68. The Kier molecular flexibility index (Phi) is 2.96. The number of nitrogens with zero attached hydrogens (tertiary/aromatic N) is 6. The van der Waals surface area contributed by atoms with Gasteiger partial charge in [-0.15, -0.1) is 10.2 Å². The zero-order valence-electron chi connectivity index (χ0n) is 12.1. The molecule has 1 aliphatic heterocycles. The first-order valence-corrected chi connectivity index (χ1v) is 7.31. The molecule has 1 aliphatic rings. The van der Waals surface area contributed by atoms with Crippen LogP contribution >= 0.6 is 0 Å². The molecule has 1 unspecified atom stereocenters. The molecule has 6 heteroatoms. The van der Waals surface area contributed by atoms with Crippen LogP contribution in [0.5, 0.6) is 0 Å². The maximum absolute atomic E-state index is 4.44. The molecule has 1 atom stereocenters. The fraction of sp³-hybridized carbons (Fsp3) is 0.400. The molecule has 0 radical (unpaired) electrons. The van der Waals surface area contributed by atoms with E-state index in [2.05, 4.69) is 42.4 Å². The SMILES string of the molecule is Cc1cnn(C2CCN(Cc3nnc4ccccn34)C2)c1. The van der Waals surface area contributed by atoms with Gasteiger partial charge in [0.1, 0.15) is 0 Å². The van der Waals surface area contributed by atoms with E-state index in [0.717, 1.165) is 37.5 Å². The maximum Gasteiger partial charge on any atom is 0.160 e. The minimum absolute atomic E-state index is 0.470. The molecule has 1 saturated heterocycles. The van der Waals surface area contributed by atoms with E-state index >= 15 is 0 Å². The molecule has 21 heavy (non-hydrogen) atoms. The number of hydrogen-bond acceptors (Lipinski definition) is 4. The second kappa shape index (κ2) is 4.96. The van der Waals surface area contributed by atoms with Crippen LogP contribution in [-0.2, 0) is 6.54 Å². The minimum atomic E-state index is 0.470. The van der Waals surface area contributed by atoms with E-state index in [4.69, 9.17) is 0 Å². The Labute approximate surface area is 123 Å². The van der Waals surface area contributed by atoms with Crippen LogP contribution < -0.4 is 0 Å². The van der Waals surface area contributed by atoms with Crippen molar-refractivity contribution in [3.05, 3.63) is 48.2 Å². The van der Waals surface area contributed by atoms with Crippen LogP contribution in [-0.4, -0.2) is 42.4 Å². The van der Waals surface area contributed by atoms with Crippen molar-refractivity contribution in [1.82, 2.24) is 29.3 Å². The number of aromatic nitrogens is 5. The third-order valence-corrected chi connectivity index (χ3v) is 4.10. The molecule has 1 fully saturated rings.